The molecule has 1 aliphatic rings. The first-order chi connectivity index (χ1) is 7.59. The summed E-state index contributed by atoms with van der Waals surface area (Å²) in [7, 11) is 0. The smallest absolute Gasteiger partial charge is 0.245 e. The average Bonchev–Trinajstić information content (AvgIpc) is 2.66. The second kappa shape index (κ2) is 3.88. The summed E-state index contributed by atoms with van der Waals surface area (Å²) in [4.78, 5) is 14.5. The Bertz CT molecular complexity index is 454. The van der Waals surface area contributed by atoms with Crippen LogP contribution in [0.2, 0.25) is 0 Å². The predicted molar refractivity (Wildman–Crippen MR) is 51.8 cm³/mol. The van der Waals surface area contributed by atoms with Crippen molar-refractivity contribution < 1.29 is 18.3 Å². The van der Waals surface area contributed by atoms with E-state index in [0.717, 1.165) is 12.1 Å². The first kappa shape index (κ1) is 10.5. The number of halogens is 2. The number of aliphatic imine (C=N–C) groups is 1. The molecular weight excluding hydrogens is 218 g/mol. The van der Waals surface area contributed by atoms with Crippen molar-refractivity contribution in [2.75, 3.05) is 6.61 Å². The van der Waals surface area contributed by atoms with Gasteiger partial charge in [0.2, 0.25) is 11.8 Å². The number of benzene rings is 1. The summed E-state index contributed by atoms with van der Waals surface area (Å²) in [5, 5.41) is 0. The highest BCUT2D eigenvalue weighted by atomic mass is 19.1. The van der Waals surface area contributed by atoms with E-state index >= 15 is 0 Å². The van der Waals surface area contributed by atoms with Crippen LogP contribution >= 0.6 is 0 Å². The molecule has 16 heavy (non-hydrogen) atoms. The monoisotopic (exact) mass is 226 g/mol. The van der Waals surface area contributed by atoms with Gasteiger partial charge >= 0.3 is 0 Å². The van der Waals surface area contributed by atoms with Crippen molar-refractivity contribution in [2.24, 2.45) is 10.7 Å². The molecule has 0 saturated heterocycles. The lowest BCUT2D eigenvalue weighted by atomic mass is 10.2. The van der Waals surface area contributed by atoms with E-state index in [1.54, 1.807) is 0 Å². The maximum atomic E-state index is 13.3. The van der Waals surface area contributed by atoms with Gasteiger partial charge in [0.1, 0.15) is 23.8 Å². The van der Waals surface area contributed by atoms with E-state index in [4.69, 9.17) is 10.5 Å². The number of nitrogens with zero attached hydrogens (tertiary/aromatic N) is 1. The van der Waals surface area contributed by atoms with E-state index in [9.17, 15) is 13.6 Å². The van der Waals surface area contributed by atoms with Crippen LogP contribution in [0, 0.1) is 11.6 Å². The lowest BCUT2D eigenvalue weighted by molar-refractivity contribution is -0.119. The Morgan fingerprint density at radius 2 is 2.06 bits per heavy atom. The fraction of sp³-hybridized carbons (Fsp3) is 0.200. The molecule has 1 aromatic rings. The number of hydrogen-bond donors (Lipinski definition) is 1. The fourth-order valence-electron chi connectivity index (χ4n) is 1.36. The Balaban J connectivity index is 2.39. The summed E-state index contributed by atoms with van der Waals surface area (Å²) in [5.41, 5.74) is 4.63. The first-order valence-electron chi connectivity index (χ1n) is 4.54. The molecule has 0 fully saturated rings. The molecule has 0 aromatic heterocycles. The van der Waals surface area contributed by atoms with Gasteiger partial charge in [0.15, 0.2) is 6.04 Å². The number of primary amides is 1. The van der Waals surface area contributed by atoms with Gasteiger partial charge in [-0.25, -0.2) is 13.8 Å². The summed E-state index contributed by atoms with van der Waals surface area (Å²) in [6.45, 7) is -0.0849. The standard InChI is InChI=1S/C10H8F2N2O2/c11-5-2-1-3-6(12)8(5)10-14-7(4-16-10)9(13)15/h1-3,7H,4H2,(H2,13,15). The van der Waals surface area contributed by atoms with Crippen molar-refractivity contribution in [1.82, 2.24) is 0 Å². The zero-order valence-electron chi connectivity index (χ0n) is 8.11. The second-order valence-corrected chi connectivity index (χ2v) is 3.26. The molecule has 1 atom stereocenters. The minimum Gasteiger partial charge on any atom is -0.474 e. The zero-order valence-corrected chi connectivity index (χ0v) is 8.11. The van der Waals surface area contributed by atoms with E-state index in [1.165, 1.54) is 6.07 Å². The van der Waals surface area contributed by atoms with Crippen molar-refractivity contribution in [3.05, 3.63) is 35.4 Å². The molecule has 0 radical (unpaired) electrons. The van der Waals surface area contributed by atoms with Gasteiger partial charge in [-0.05, 0) is 12.1 Å². The van der Waals surface area contributed by atoms with Crippen LogP contribution in [0.25, 0.3) is 0 Å². The van der Waals surface area contributed by atoms with Gasteiger partial charge in [0, 0.05) is 0 Å². The van der Waals surface area contributed by atoms with Crippen LogP contribution in [0.5, 0.6) is 0 Å². The minimum absolute atomic E-state index is 0.0849. The molecule has 1 aliphatic heterocycles. The molecule has 0 spiro atoms. The lowest BCUT2D eigenvalue weighted by Crippen LogP contribution is -2.27. The molecule has 84 valence electrons. The van der Waals surface area contributed by atoms with E-state index in [2.05, 4.69) is 4.99 Å². The number of carbonyl (C=O) groups is 1. The summed E-state index contributed by atoms with van der Waals surface area (Å²) in [5.74, 6) is -2.49. The van der Waals surface area contributed by atoms with Gasteiger partial charge in [-0.2, -0.15) is 0 Å². The Morgan fingerprint density at radius 1 is 1.44 bits per heavy atom. The van der Waals surface area contributed by atoms with Crippen LogP contribution in [0.3, 0.4) is 0 Å². The molecule has 0 aliphatic carbocycles. The molecule has 0 saturated carbocycles. The molecule has 1 amide bonds. The van der Waals surface area contributed by atoms with E-state index in [1.807, 2.05) is 0 Å². The third-order valence-electron chi connectivity index (χ3n) is 2.16. The van der Waals surface area contributed by atoms with Gasteiger partial charge in [0.05, 0.1) is 0 Å². The van der Waals surface area contributed by atoms with Crippen LogP contribution in [0.15, 0.2) is 23.2 Å². The molecule has 1 aromatic carbocycles. The Morgan fingerprint density at radius 3 is 2.56 bits per heavy atom. The van der Waals surface area contributed by atoms with Crippen molar-refractivity contribution in [1.29, 1.82) is 0 Å². The van der Waals surface area contributed by atoms with Gasteiger partial charge in [0.25, 0.3) is 0 Å². The third-order valence-corrected chi connectivity index (χ3v) is 2.16. The number of rotatable bonds is 2. The quantitative estimate of drug-likeness (QED) is 0.802. The van der Waals surface area contributed by atoms with Crippen LogP contribution in [-0.4, -0.2) is 24.5 Å². The minimum atomic E-state index is -0.881. The predicted octanol–water partition coefficient (Wildman–Crippen LogP) is 0.595. The summed E-state index contributed by atoms with van der Waals surface area (Å²) >= 11 is 0. The lowest BCUT2D eigenvalue weighted by Gasteiger charge is -2.03. The molecule has 1 heterocycles. The third kappa shape index (κ3) is 1.73. The Hall–Kier alpha value is -1.98. The van der Waals surface area contributed by atoms with Crippen molar-refractivity contribution >= 4 is 11.8 Å². The molecular formula is C10H8F2N2O2. The van der Waals surface area contributed by atoms with Crippen molar-refractivity contribution in [3.8, 4) is 0 Å². The molecule has 1 unspecified atom stereocenters. The summed E-state index contributed by atoms with van der Waals surface area (Å²) in [6.07, 6.45) is 0. The maximum Gasteiger partial charge on any atom is 0.245 e. The number of amides is 1. The Kier molecular flexibility index (Phi) is 2.55. The van der Waals surface area contributed by atoms with Gasteiger partial charge in [-0.1, -0.05) is 6.07 Å². The number of ether oxygens (including phenoxy) is 1. The van der Waals surface area contributed by atoms with Crippen molar-refractivity contribution in [3.63, 3.8) is 0 Å². The van der Waals surface area contributed by atoms with E-state index in [-0.39, 0.29) is 18.1 Å². The van der Waals surface area contributed by atoms with Gasteiger partial charge in [-0.3, -0.25) is 4.79 Å². The largest absolute Gasteiger partial charge is 0.474 e. The normalized spacial score (nSPS) is 19.1. The van der Waals surface area contributed by atoms with Gasteiger partial charge in [-0.15, -0.1) is 0 Å². The average molecular weight is 226 g/mol. The highest BCUT2D eigenvalue weighted by molar-refractivity contribution is 5.98. The maximum absolute atomic E-state index is 13.3. The number of carbonyl (C=O) groups excluding carboxylic acids is 1. The summed E-state index contributed by atoms with van der Waals surface area (Å²) < 4.78 is 31.6. The second-order valence-electron chi connectivity index (χ2n) is 3.26. The van der Waals surface area contributed by atoms with E-state index in [0.29, 0.717) is 0 Å². The van der Waals surface area contributed by atoms with Crippen molar-refractivity contribution in [2.45, 2.75) is 6.04 Å². The molecule has 0 bridgehead atoms. The molecule has 6 heteroatoms. The van der Waals surface area contributed by atoms with Crippen LogP contribution in [0.4, 0.5) is 8.78 Å². The molecule has 4 nitrogen and oxygen atoms in total. The highest BCUT2D eigenvalue weighted by Crippen LogP contribution is 2.18. The van der Waals surface area contributed by atoms with E-state index < -0.39 is 23.6 Å². The molecule has 2 rings (SSSR count). The first-order valence-corrected chi connectivity index (χ1v) is 4.54. The number of hydrogen-bond acceptors (Lipinski definition) is 3. The topological polar surface area (TPSA) is 64.7 Å². The number of nitrogens with two attached hydrogens (primary N) is 1. The van der Waals surface area contributed by atoms with Gasteiger partial charge < -0.3 is 10.5 Å². The SMILES string of the molecule is NC(=O)C1COC(c2c(F)cccc2F)=N1. The zero-order chi connectivity index (χ0) is 11.7. The fourth-order valence-corrected chi connectivity index (χ4v) is 1.36. The molecule has 2 N–H and O–H groups in total. The Labute approximate surface area is 89.7 Å². The van der Waals surface area contributed by atoms with Crippen LogP contribution < -0.4 is 5.73 Å². The van der Waals surface area contributed by atoms with Crippen LogP contribution in [0.1, 0.15) is 5.56 Å². The highest BCUT2D eigenvalue weighted by Gasteiger charge is 2.27. The van der Waals surface area contributed by atoms with Crippen LogP contribution in [-0.2, 0) is 9.53 Å². The summed E-state index contributed by atoms with van der Waals surface area (Å²) in [6, 6.07) is 2.52.